The van der Waals surface area contributed by atoms with E-state index in [-0.39, 0.29) is 29.9 Å². The SMILES string of the molecule is C[C@@H]1C[C@@H](C2CCC(=O)N2)OC1=O. The Bertz CT molecular complexity index is 251. The molecule has 1 N–H and O–H groups in total. The second kappa shape index (κ2) is 3.01. The molecule has 4 nitrogen and oxygen atoms in total. The Balaban J connectivity index is 1.96. The van der Waals surface area contributed by atoms with Gasteiger partial charge in [0, 0.05) is 6.42 Å². The van der Waals surface area contributed by atoms with Crippen LogP contribution in [0.25, 0.3) is 0 Å². The zero-order valence-corrected chi connectivity index (χ0v) is 7.58. The third-order valence-electron chi connectivity index (χ3n) is 2.73. The molecular weight excluding hydrogens is 170 g/mol. The fraction of sp³-hybridized carbons (Fsp3) is 0.778. The second-order valence-electron chi connectivity index (χ2n) is 3.82. The Hall–Kier alpha value is -1.06. The fourth-order valence-electron chi connectivity index (χ4n) is 1.92. The molecule has 0 spiro atoms. The lowest BCUT2D eigenvalue weighted by molar-refractivity contribution is -0.145. The van der Waals surface area contributed by atoms with E-state index in [0.717, 1.165) is 12.8 Å². The van der Waals surface area contributed by atoms with Crippen molar-refractivity contribution in [1.82, 2.24) is 5.32 Å². The first kappa shape index (κ1) is 8.53. The van der Waals surface area contributed by atoms with E-state index in [2.05, 4.69) is 5.32 Å². The lowest BCUT2D eigenvalue weighted by Crippen LogP contribution is -2.36. The molecule has 13 heavy (non-hydrogen) atoms. The third-order valence-corrected chi connectivity index (χ3v) is 2.73. The first-order valence-electron chi connectivity index (χ1n) is 4.66. The molecule has 2 fully saturated rings. The molecule has 0 aromatic heterocycles. The van der Waals surface area contributed by atoms with Crippen molar-refractivity contribution in [3.8, 4) is 0 Å². The van der Waals surface area contributed by atoms with Crippen molar-refractivity contribution in [1.29, 1.82) is 0 Å². The normalized spacial score (nSPS) is 39.0. The molecule has 2 saturated heterocycles. The Morgan fingerprint density at radius 3 is 2.69 bits per heavy atom. The summed E-state index contributed by atoms with van der Waals surface area (Å²) in [7, 11) is 0. The summed E-state index contributed by atoms with van der Waals surface area (Å²) >= 11 is 0. The van der Waals surface area contributed by atoms with Crippen LogP contribution in [0.2, 0.25) is 0 Å². The Morgan fingerprint density at radius 2 is 2.23 bits per heavy atom. The minimum Gasteiger partial charge on any atom is -0.460 e. The quantitative estimate of drug-likeness (QED) is 0.591. The van der Waals surface area contributed by atoms with Gasteiger partial charge >= 0.3 is 5.97 Å². The van der Waals surface area contributed by atoms with Crippen LogP contribution < -0.4 is 5.32 Å². The Labute approximate surface area is 76.6 Å². The maximum absolute atomic E-state index is 11.1. The molecule has 0 aromatic carbocycles. The summed E-state index contributed by atoms with van der Waals surface area (Å²) in [5, 5.41) is 2.82. The molecule has 1 amide bonds. The van der Waals surface area contributed by atoms with Crippen LogP contribution >= 0.6 is 0 Å². The van der Waals surface area contributed by atoms with Gasteiger partial charge in [0.1, 0.15) is 6.10 Å². The lowest BCUT2D eigenvalue weighted by Gasteiger charge is -2.16. The van der Waals surface area contributed by atoms with Crippen LogP contribution in [0, 0.1) is 5.92 Å². The molecular formula is C9H13NO3. The maximum atomic E-state index is 11.1. The summed E-state index contributed by atoms with van der Waals surface area (Å²) < 4.78 is 5.15. The van der Waals surface area contributed by atoms with Crippen molar-refractivity contribution in [2.45, 2.75) is 38.3 Å². The zero-order valence-electron chi connectivity index (χ0n) is 7.58. The number of hydrogen-bond donors (Lipinski definition) is 1. The number of rotatable bonds is 1. The van der Waals surface area contributed by atoms with Crippen molar-refractivity contribution >= 4 is 11.9 Å². The molecule has 0 radical (unpaired) electrons. The van der Waals surface area contributed by atoms with Crippen LogP contribution in [-0.2, 0) is 14.3 Å². The van der Waals surface area contributed by atoms with Crippen molar-refractivity contribution < 1.29 is 14.3 Å². The van der Waals surface area contributed by atoms with E-state index in [1.165, 1.54) is 0 Å². The van der Waals surface area contributed by atoms with Gasteiger partial charge < -0.3 is 10.1 Å². The lowest BCUT2D eigenvalue weighted by atomic mass is 10.0. The van der Waals surface area contributed by atoms with Gasteiger partial charge in [-0.25, -0.2) is 0 Å². The van der Waals surface area contributed by atoms with E-state index in [0.29, 0.717) is 6.42 Å². The largest absolute Gasteiger partial charge is 0.460 e. The molecule has 0 saturated carbocycles. The van der Waals surface area contributed by atoms with Gasteiger partial charge in [0.25, 0.3) is 0 Å². The molecule has 4 heteroatoms. The first-order valence-corrected chi connectivity index (χ1v) is 4.66. The molecule has 2 heterocycles. The van der Waals surface area contributed by atoms with E-state index in [1.54, 1.807) is 0 Å². The third kappa shape index (κ3) is 1.53. The summed E-state index contributed by atoms with van der Waals surface area (Å²) in [6.45, 7) is 1.86. The molecule has 1 unspecified atom stereocenters. The number of nitrogens with one attached hydrogen (secondary N) is 1. The fourth-order valence-corrected chi connectivity index (χ4v) is 1.92. The average Bonchev–Trinajstić information content (AvgIpc) is 2.61. The van der Waals surface area contributed by atoms with E-state index in [9.17, 15) is 9.59 Å². The summed E-state index contributed by atoms with van der Waals surface area (Å²) in [4.78, 5) is 22.0. The molecule has 0 bridgehead atoms. The minimum atomic E-state index is -0.133. The second-order valence-corrected chi connectivity index (χ2v) is 3.82. The Kier molecular flexibility index (Phi) is 1.98. The van der Waals surface area contributed by atoms with Crippen LogP contribution in [0.15, 0.2) is 0 Å². The van der Waals surface area contributed by atoms with Crippen molar-refractivity contribution in [3.63, 3.8) is 0 Å². The van der Waals surface area contributed by atoms with Gasteiger partial charge in [0.2, 0.25) is 5.91 Å². The summed E-state index contributed by atoms with van der Waals surface area (Å²) in [5.74, 6) is -0.0748. The van der Waals surface area contributed by atoms with Crippen molar-refractivity contribution in [3.05, 3.63) is 0 Å². The van der Waals surface area contributed by atoms with E-state index in [1.807, 2.05) is 6.92 Å². The van der Waals surface area contributed by atoms with Crippen LogP contribution in [0.3, 0.4) is 0 Å². The first-order chi connectivity index (χ1) is 6.16. The van der Waals surface area contributed by atoms with E-state index < -0.39 is 0 Å². The van der Waals surface area contributed by atoms with Crippen LogP contribution in [0.5, 0.6) is 0 Å². The van der Waals surface area contributed by atoms with Gasteiger partial charge in [-0.1, -0.05) is 6.92 Å². The standard InChI is InChI=1S/C9H13NO3/c1-5-4-7(13-9(5)12)6-2-3-8(11)10-6/h5-7H,2-4H2,1H3,(H,10,11)/t5-,6?,7+/m1/s1. The van der Waals surface area contributed by atoms with E-state index in [4.69, 9.17) is 4.74 Å². The highest BCUT2D eigenvalue weighted by Gasteiger charge is 2.38. The van der Waals surface area contributed by atoms with Gasteiger partial charge in [-0.15, -0.1) is 0 Å². The van der Waals surface area contributed by atoms with Gasteiger partial charge in [-0.05, 0) is 12.8 Å². The predicted molar refractivity (Wildman–Crippen MR) is 44.8 cm³/mol. The highest BCUT2D eigenvalue weighted by Crippen LogP contribution is 2.26. The number of esters is 1. The molecule has 2 aliphatic rings. The van der Waals surface area contributed by atoms with Gasteiger partial charge in [-0.3, -0.25) is 9.59 Å². The minimum absolute atomic E-state index is 0.0116. The zero-order chi connectivity index (χ0) is 9.42. The van der Waals surface area contributed by atoms with Crippen molar-refractivity contribution in [2.24, 2.45) is 5.92 Å². The number of carbonyl (C=O) groups is 2. The van der Waals surface area contributed by atoms with E-state index >= 15 is 0 Å². The monoisotopic (exact) mass is 183 g/mol. The average molecular weight is 183 g/mol. The molecule has 0 aromatic rings. The summed E-state index contributed by atoms with van der Waals surface area (Å²) in [6.07, 6.45) is 2.01. The smallest absolute Gasteiger partial charge is 0.309 e. The predicted octanol–water partition coefficient (Wildman–Crippen LogP) is 0.217. The highest BCUT2D eigenvalue weighted by atomic mass is 16.6. The Morgan fingerprint density at radius 1 is 1.46 bits per heavy atom. The van der Waals surface area contributed by atoms with Crippen LogP contribution in [-0.4, -0.2) is 24.0 Å². The molecule has 0 aliphatic carbocycles. The molecule has 2 aliphatic heterocycles. The van der Waals surface area contributed by atoms with Crippen molar-refractivity contribution in [2.75, 3.05) is 0 Å². The van der Waals surface area contributed by atoms with Gasteiger partial charge in [-0.2, -0.15) is 0 Å². The molecule has 2 rings (SSSR count). The number of hydrogen-bond acceptors (Lipinski definition) is 3. The topological polar surface area (TPSA) is 55.4 Å². The van der Waals surface area contributed by atoms with Crippen LogP contribution in [0.4, 0.5) is 0 Å². The summed E-state index contributed by atoms with van der Waals surface area (Å²) in [5.41, 5.74) is 0. The molecule has 3 atom stereocenters. The number of cyclic esters (lactones) is 1. The summed E-state index contributed by atoms with van der Waals surface area (Å²) in [6, 6.07) is 0.0569. The van der Waals surface area contributed by atoms with Crippen LogP contribution in [0.1, 0.15) is 26.2 Å². The number of carbonyl (C=O) groups excluding carboxylic acids is 2. The van der Waals surface area contributed by atoms with Gasteiger partial charge in [0.05, 0.1) is 12.0 Å². The van der Waals surface area contributed by atoms with Gasteiger partial charge in [0.15, 0.2) is 0 Å². The highest BCUT2D eigenvalue weighted by molar-refractivity contribution is 5.79. The number of amides is 1. The number of ether oxygens (including phenoxy) is 1. The molecule has 72 valence electrons. The maximum Gasteiger partial charge on any atom is 0.309 e.